The van der Waals surface area contributed by atoms with Crippen molar-refractivity contribution in [3.63, 3.8) is 0 Å². The van der Waals surface area contributed by atoms with Gasteiger partial charge in [-0.15, -0.1) is 0 Å². The molecule has 0 heterocycles. The maximum Gasteiger partial charge on any atom is 1.00 e. The number of hydrogen-bond acceptors (Lipinski definition) is 7. The first-order valence-corrected chi connectivity index (χ1v) is 4.37. The van der Waals surface area contributed by atoms with E-state index in [4.69, 9.17) is 0 Å². The first-order valence-electron chi connectivity index (χ1n) is 3.45. The van der Waals surface area contributed by atoms with Crippen LogP contribution in [0.15, 0.2) is 12.0 Å². The molecule has 0 bridgehead atoms. The first-order chi connectivity index (χ1) is 7.39. The number of rotatable bonds is 5. The summed E-state index contributed by atoms with van der Waals surface area (Å²) in [6, 6.07) is 0. The van der Waals surface area contributed by atoms with Crippen molar-refractivity contribution >= 4 is 47.5 Å². The fraction of sp³-hybridized carbons (Fsp3) is 0.333. The Bertz CT molecular complexity index is 310. The van der Waals surface area contributed by atoms with E-state index < -0.39 is 29.9 Å². The molecule has 0 amide bonds. The summed E-state index contributed by atoms with van der Waals surface area (Å²) in [7, 11) is 0. The third-order valence-electron chi connectivity index (χ3n) is 1.36. The van der Waals surface area contributed by atoms with Gasteiger partial charge in [0.2, 0.25) is 0 Å². The molecule has 7 nitrogen and oxygen atoms in total. The van der Waals surface area contributed by atoms with Crippen LogP contribution in [-0.2, 0) is 22.5 Å². The van der Waals surface area contributed by atoms with E-state index in [1.54, 1.807) is 0 Å². The van der Waals surface area contributed by atoms with Gasteiger partial charge in [-0.3, -0.25) is 4.79 Å². The number of carbonyl (C=O) groups excluding carboxylic acids is 2. The zero-order valence-corrected chi connectivity index (χ0v) is 12.6. The molecule has 0 aromatic rings. The van der Waals surface area contributed by atoms with Gasteiger partial charge in [0.1, 0.15) is 23.7 Å². The minimum absolute atomic E-state index is 0. The van der Waals surface area contributed by atoms with E-state index in [9.17, 15) is 19.8 Å². The van der Waals surface area contributed by atoms with Crippen molar-refractivity contribution in [2.45, 2.75) is 12.0 Å². The fourth-order valence-corrected chi connectivity index (χ4v) is 0.946. The van der Waals surface area contributed by atoms with Crippen LogP contribution < -0.4 is 34.7 Å². The van der Waals surface area contributed by atoms with E-state index in [-0.39, 0.29) is 35.6 Å². The average Bonchev–Trinajstić information content (AvgIpc) is 2.27. The Balaban J connectivity index is 0. The monoisotopic (exact) mass is 316 g/mol. The summed E-state index contributed by atoms with van der Waals surface area (Å²) in [4.78, 5) is 21.7. The minimum atomic E-state index is -2.68. The molecular formula is C6H4Cl3NaO7. The molecular weight excluding hydrogens is 313 g/mol. The molecule has 11 heteroatoms. The van der Waals surface area contributed by atoms with Crippen molar-refractivity contribution < 1.29 is 62.2 Å². The summed E-state index contributed by atoms with van der Waals surface area (Å²) in [5.41, 5.74) is -2.68. The SMILES string of the molecule is O=C(CC(O)(/C=C(\[O-])OCl)C(=O)OCl)OCl.[Na+]. The molecule has 0 aliphatic carbocycles. The summed E-state index contributed by atoms with van der Waals surface area (Å²) >= 11 is 14.0. The molecule has 92 valence electrons. The Kier molecular flexibility index (Phi) is 10.4. The normalized spacial score (nSPS) is 14.0. The number of halogens is 3. The summed E-state index contributed by atoms with van der Waals surface area (Å²) in [6.45, 7) is 0. The van der Waals surface area contributed by atoms with E-state index in [1.165, 1.54) is 0 Å². The predicted molar refractivity (Wildman–Crippen MR) is 48.5 cm³/mol. The maximum absolute atomic E-state index is 11.0. The summed E-state index contributed by atoms with van der Waals surface area (Å²) in [5, 5.41) is 20.3. The van der Waals surface area contributed by atoms with Gasteiger partial charge in [-0.25, -0.2) is 4.79 Å². The van der Waals surface area contributed by atoms with E-state index in [1.807, 2.05) is 0 Å². The molecule has 0 rings (SSSR count). The molecule has 0 aromatic heterocycles. The van der Waals surface area contributed by atoms with Crippen LogP contribution in [0.3, 0.4) is 0 Å². The van der Waals surface area contributed by atoms with E-state index in [0.29, 0.717) is 0 Å². The molecule has 1 unspecified atom stereocenters. The molecule has 0 aliphatic heterocycles. The molecule has 0 saturated heterocycles. The van der Waals surface area contributed by atoms with Crippen LogP contribution in [0.2, 0.25) is 0 Å². The van der Waals surface area contributed by atoms with Crippen LogP contribution in [0.5, 0.6) is 0 Å². The van der Waals surface area contributed by atoms with Crippen molar-refractivity contribution in [1.29, 1.82) is 0 Å². The largest absolute Gasteiger partial charge is 1.00 e. The molecule has 0 saturated carbocycles. The second-order valence-electron chi connectivity index (χ2n) is 2.46. The molecule has 1 atom stereocenters. The zero-order chi connectivity index (χ0) is 12.8. The number of carbonyl (C=O) groups is 2. The van der Waals surface area contributed by atoms with Gasteiger partial charge in [0.05, 0.1) is 12.4 Å². The van der Waals surface area contributed by atoms with Crippen LogP contribution in [0.4, 0.5) is 0 Å². The number of hydrogen-bond donors (Lipinski definition) is 1. The van der Waals surface area contributed by atoms with E-state index in [0.717, 1.165) is 0 Å². The van der Waals surface area contributed by atoms with Crippen molar-refractivity contribution in [3.8, 4) is 0 Å². The van der Waals surface area contributed by atoms with Gasteiger partial charge in [-0.1, -0.05) is 0 Å². The van der Waals surface area contributed by atoms with E-state index in [2.05, 4.69) is 48.5 Å². The maximum atomic E-state index is 11.0. The van der Waals surface area contributed by atoms with Crippen molar-refractivity contribution in [1.82, 2.24) is 0 Å². The Morgan fingerprint density at radius 3 is 2.12 bits per heavy atom. The van der Waals surface area contributed by atoms with Crippen LogP contribution in [0, 0.1) is 0 Å². The Morgan fingerprint density at radius 1 is 1.24 bits per heavy atom. The van der Waals surface area contributed by atoms with Gasteiger partial charge in [0.25, 0.3) is 0 Å². The minimum Gasteiger partial charge on any atom is -0.545 e. The molecule has 0 aromatic carbocycles. The quantitative estimate of drug-likeness (QED) is 0.422. The van der Waals surface area contributed by atoms with Crippen molar-refractivity contribution in [3.05, 3.63) is 12.0 Å². The third kappa shape index (κ3) is 6.56. The summed E-state index contributed by atoms with van der Waals surface area (Å²) in [5.74, 6) is -4.00. The summed E-state index contributed by atoms with van der Waals surface area (Å²) in [6.07, 6.45) is -0.730. The van der Waals surface area contributed by atoms with Crippen LogP contribution in [0.1, 0.15) is 6.42 Å². The van der Waals surface area contributed by atoms with Gasteiger partial charge in [-0.05, 0) is 17.9 Å². The number of aliphatic hydroxyl groups is 1. The van der Waals surface area contributed by atoms with Gasteiger partial charge in [-0.2, -0.15) is 0 Å². The molecule has 0 radical (unpaired) electrons. The predicted octanol–water partition coefficient (Wildman–Crippen LogP) is -3.12. The Labute approximate surface area is 133 Å². The zero-order valence-electron chi connectivity index (χ0n) is 8.32. The average molecular weight is 317 g/mol. The second kappa shape index (κ2) is 9.09. The molecule has 1 N–H and O–H groups in total. The molecule has 0 fully saturated rings. The van der Waals surface area contributed by atoms with Crippen molar-refractivity contribution in [2.75, 3.05) is 0 Å². The van der Waals surface area contributed by atoms with Gasteiger partial charge in [0.15, 0.2) is 5.60 Å². The first kappa shape index (κ1) is 19.4. The fourth-order valence-electron chi connectivity index (χ4n) is 0.713. The smallest absolute Gasteiger partial charge is 0.545 e. The Morgan fingerprint density at radius 2 is 1.76 bits per heavy atom. The second-order valence-corrected chi connectivity index (χ2v) is 2.92. The van der Waals surface area contributed by atoms with Gasteiger partial charge < -0.3 is 23.1 Å². The van der Waals surface area contributed by atoms with Crippen LogP contribution in [0.25, 0.3) is 0 Å². The van der Waals surface area contributed by atoms with Gasteiger partial charge in [0, 0.05) is 0 Å². The van der Waals surface area contributed by atoms with Gasteiger partial charge >= 0.3 is 41.5 Å². The van der Waals surface area contributed by atoms with Crippen molar-refractivity contribution in [2.24, 2.45) is 0 Å². The molecule has 0 spiro atoms. The van der Waals surface area contributed by atoms with E-state index >= 15 is 0 Å². The van der Waals surface area contributed by atoms with Crippen LogP contribution >= 0.6 is 35.6 Å². The van der Waals surface area contributed by atoms with Crippen LogP contribution in [-0.4, -0.2) is 22.6 Å². The summed E-state index contributed by atoms with van der Waals surface area (Å²) < 4.78 is 11.0. The standard InChI is InChI=1S/C6H5Cl3O7.Na/c7-14-3(10)1-6(13,5(12)16-9)2-4(11)15-8;/h1,10,13H,2H2;/q;+1/p-1/b3-1+;. The topological polar surface area (TPSA) is 105 Å². The Hall–Kier alpha value is 0.110. The third-order valence-corrected chi connectivity index (χ3v) is 1.82. The molecule has 0 aliphatic rings. The molecule has 17 heavy (non-hydrogen) atoms.